The van der Waals surface area contributed by atoms with Gasteiger partial charge in [-0.05, 0) is 15.4 Å². The van der Waals surface area contributed by atoms with Crippen molar-refractivity contribution in [3.05, 3.63) is 78.8 Å². The van der Waals surface area contributed by atoms with E-state index in [0.29, 0.717) is 16.6 Å². The molecule has 1 aliphatic heterocycles. The van der Waals surface area contributed by atoms with Gasteiger partial charge in [0.15, 0.2) is 0 Å². The molecular weight excluding hydrogens is 603 g/mol. The number of benzene rings is 2. The summed E-state index contributed by atoms with van der Waals surface area (Å²) >= 11 is 0. The predicted octanol–water partition coefficient (Wildman–Crippen LogP) is 3.27. The Morgan fingerprint density at radius 1 is 1.11 bits per heavy atom. The number of aliphatic hydroxyl groups is 1. The summed E-state index contributed by atoms with van der Waals surface area (Å²) in [6.45, 7) is 6.11. The number of alkyl halides is 3. The van der Waals surface area contributed by atoms with Gasteiger partial charge in [0.05, 0.1) is 30.2 Å². The number of hydrogen-bond donors (Lipinski definition) is 3. The zero-order valence-corrected chi connectivity index (χ0v) is 26.0. The maximum Gasteiger partial charge on any atom is 0.471 e. The van der Waals surface area contributed by atoms with Gasteiger partial charge < -0.3 is 29.9 Å². The van der Waals surface area contributed by atoms with Crippen LogP contribution in [0, 0.1) is 11.8 Å². The highest BCUT2D eigenvalue weighted by atomic mass is 28.4. The van der Waals surface area contributed by atoms with Gasteiger partial charge in [0.25, 0.3) is 8.32 Å². The maximum atomic E-state index is 12.5. The number of hydrogen-bond acceptors (Lipinski definition) is 7. The molecule has 1 aliphatic rings. The number of anilines is 1. The molecule has 1 fully saturated rings. The lowest BCUT2D eigenvalue weighted by molar-refractivity contribution is -0.173. The van der Waals surface area contributed by atoms with Crippen molar-refractivity contribution in [1.29, 1.82) is 0 Å². The van der Waals surface area contributed by atoms with E-state index in [4.69, 9.17) is 14.9 Å². The molecular formula is C32H34F3N5O4Si. The van der Waals surface area contributed by atoms with Gasteiger partial charge in [0, 0.05) is 12.6 Å². The summed E-state index contributed by atoms with van der Waals surface area (Å²) in [5.74, 6) is 3.30. The van der Waals surface area contributed by atoms with Crippen LogP contribution in [0.1, 0.15) is 39.0 Å². The summed E-state index contributed by atoms with van der Waals surface area (Å²) in [5.41, 5.74) is 6.85. The normalized spacial score (nSPS) is 18.9. The van der Waals surface area contributed by atoms with Crippen molar-refractivity contribution in [2.24, 2.45) is 0 Å². The molecule has 4 aromatic rings. The Balaban J connectivity index is 1.41. The number of halogens is 3. The lowest BCUT2D eigenvalue weighted by atomic mass is 10.2. The summed E-state index contributed by atoms with van der Waals surface area (Å²) in [4.78, 5) is 19.5. The van der Waals surface area contributed by atoms with E-state index in [0.717, 1.165) is 10.4 Å². The summed E-state index contributed by atoms with van der Waals surface area (Å²) in [6, 6.07) is 20.3. The van der Waals surface area contributed by atoms with Crippen molar-refractivity contribution in [2.45, 2.75) is 56.8 Å². The minimum Gasteiger partial charge on any atom is -0.405 e. The van der Waals surface area contributed by atoms with E-state index in [9.17, 15) is 23.1 Å². The first-order valence-electron chi connectivity index (χ1n) is 14.4. The first-order chi connectivity index (χ1) is 21.3. The number of rotatable bonds is 7. The number of ether oxygens (including phenoxy) is 1. The molecule has 2 aromatic carbocycles. The second-order valence-electron chi connectivity index (χ2n) is 11.8. The first kappa shape index (κ1) is 32.2. The van der Waals surface area contributed by atoms with E-state index in [-0.39, 0.29) is 23.9 Å². The smallest absolute Gasteiger partial charge is 0.405 e. The van der Waals surface area contributed by atoms with E-state index in [2.05, 4.69) is 66.8 Å². The van der Waals surface area contributed by atoms with Gasteiger partial charge in [0.2, 0.25) is 0 Å². The van der Waals surface area contributed by atoms with E-state index in [1.165, 1.54) is 6.33 Å². The molecule has 0 unspecified atom stereocenters. The number of nitrogens with zero attached hydrogens (tertiary/aromatic N) is 3. The zero-order chi connectivity index (χ0) is 32.4. The molecule has 0 aliphatic carbocycles. The molecule has 2 aromatic heterocycles. The van der Waals surface area contributed by atoms with Crippen LogP contribution in [0.25, 0.3) is 11.0 Å². The Labute approximate surface area is 259 Å². The number of carbonyl (C=O) groups excluding carboxylic acids is 1. The van der Waals surface area contributed by atoms with Crippen LogP contribution in [0.15, 0.2) is 73.2 Å². The molecule has 3 atom stereocenters. The second-order valence-corrected chi connectivity index (χ2v) is 16.1. The number of aromatic nitrogens is 3. The van der Waals surface area contributed by atoms with E-state index in [1.54, 1.807) is 16.1 Å². The summed E-state index contributed by atoms with van der Waals surface area (Å²) in [7, 11) is -2.89. The van der Waals surface area contributed by atoms with E-state index in [1.807, 2.05) is 36.4 Å². The molecule has 5 rings (SSSR count). The molecule has 0 bridgehead atoms. The zero-order valence-electron chi connectivity index (χ0n) is 25.0. The van der Waals surface area contributed by atoms with Gasteiger partial charge in [-0.2, -0.15) is 13.2 Å². The minimum atomic E-state index is -5.01. The highest BCUT2D eigenvalue weighted by molar-refractivity contribution is 6.99. The number of nitrogens with one attached hydrogen (secondary N) is 1. The van der Waals surface area contributed by atoms with Gasteiger partial charge in [-0.25, -0.2) is 9.97 Å². The minimum absolute atomic E-state index is 0.118. The average molecular weight is 638 g/mol. The van der Waals surface area contributed by atoms with Gasteiger partial charge in [0.1, 0.15) is 30.1 Å². The van der Waals surface area contributed by atoms with Crippen molar-refractivity contribution >= 4 is 41.4 Å². The lowest BCUT2D eigenvalue weighted by Gasteiger charge is -2.43. The molecule has 9 nitrogen and oxygen atoms in total. The van der Waals surface area contributed by atoms with E-state index >= 15 is 0 Å². The molecule has 1 saturated heterocycles. The third-order valence-electron chi connectivity index (χ3n) is 7.85. The number of nitrogens with two attached hydrogens (primary N) is 1. The highest BCUT2D eigenvalue weighted by Crippen LogP contribution is 2.39. The molecule has 45 heavy (non-hydrogen) atoms. The van der Waals surface area contributed by atoms with Crippen LogP contribution in [0.3, 0.4) is 0 Å². The molecule has 4 N–H and O–H groups in total. The van der Waals surface area contributed by atoms with Crippen LogP contribution in [0.5, 0.6) is 0 Å². The summed E-state index contributed by atoms with van der Waals surface area (Å²) < 4.78 is 52.6. The topological polar surface area (TPSA) is 125 Å². The van der Waals surface area contributed by atoms with Crippen molar-refractivity contribution in [3.8, 4) is 11.8 Å². The largest absolute Gasteiger partial charge is 0.471 e. The lowest BCUT2D eigenvalue weighted by Crippen LogP contribution is -2.67. The van der Waals surface area contributed by atoms with Crippen LogP contribution in [0.2, 0.25) is 5.04 Å². The Kier molecular flexibility index (Phi) is 9.04. The number of aliphatic hydroxyl groups excluding tert-OH is 1. The Hall–Kier alpha value is -4.22. The van der Waals surface area contributed by atoms with Crippen molar-refractivity contribution in [3.63, 3.8) is 0 Å². The molecule has 3 heterocycles. The Morgan fingerprint density at radius 3 is 2.31 bits per heavy atom. The molecule has 0 saturated carbocycles. The van der Waals surface area contributed by atoms with Gasteiger partial charge >= 0.3 is 12.1 Å². The SMILES string of the molecule is CC(C)(C)[Si](OC[C@H]1O[C@@H](n2cc(C#CCNC(=O)C(F)(F)F)c3c(N)ncnc32)C[C@H]1O)(c1ccccc1)c1ccccc1. The molecule has 1 amide bonds. The average Bonchev–Trinajstić information content (AvgIpc) is 3.56. The third kappa shape index (κ3) is 6.45. The van der Waals surface area contributed by atoms with Crippen molar-refractivity contribution in [1.82, 2.24) is 19.9 Å². The number of carbonyl (C=O) groups is 1. The summed E-state index contributed by atoms with van der Waals surface area (Å²) in [5, 5.41) is 15.2. The first-order valence-corrected chi connectivity index (χ1v) is 16.3. The van der Waals surface area contributed by atoms with Crippen LogP contribution < -0.4 is 21.4 Å². The van der Waals surface area contributed by atoms with Gasteiger partial charge in [-0.3, -0.25) is 4.79 Å². The highest BCUT2D eigenvalue weighted by Gasteiger charge is 2.51. The Bertz CT molecular complexity index is 1680. The van der Waals surface area contributed by atoms with Crippen LogP contribution in [-0.2, 0) is 14.0 Å². The van der Waals surface area contributed by atoms with Crippen LogP contribution >= 0.6 is 0 Å². The van der Waals surface area contributed by atoms with Crippen molar-refractivity contribution in [2.75, 3.05) is 18.9 Å². The van der Waals surface area contributed by atoms with Crippen LogP contribution in [-0.4, -0.2) is 65.4 Å². The predicted molar refractivity (Wildman–Crippen MR) is 166 cm³/mol. The second kappa shape index (κ2) is 12.6. The molecule has 0 spiro atoms. The van der Waals surface area contributed by atoms with Gasteiger partial charge in [-0.15, -0.1) is 0 Å². The maximum absolute atomic E-state index is 12.5. The number of nitrogen functional groups attached to an aromatic ring is 1. The molecule has 0 radical (unpaired) electrons. The van der Waals surface area contributed by atoms with Crippen molar-refractivity contribution < 1.29 is 32.2 Å². The van der Waals surface area contributed by atoms with Crippen LogP contribution in [0.4, 0.5) is 19.0 Å². The fourth-order valence-electron chi connectivity index (χ4n) is 5.79. The number of fused-ring (bicyclic) bond motifs is 1. The van der Waals surface area contributed by atoms with E-state index < -0.39 is 45.4 Å². The molecule has 13 heteroatoms. The standard InChI is InChI=1S/C32H34F3N5O4Si/c1-31(2,3)45(22-12-6-4-7-13-22,23-14-8-5-9-15-23)43-19-25-24(41)17-26(44-25)40-18-21(27-28(36)38-20-39-29(27)40)11-10-16-37-30(42)32(33,34)35/h4-9,12-15,18,20,24-26,41H,16-17,19H2,1-3H3,(H,37,42)(H2,36,38,39)/t24-,25-,26-/m1/s1. The third-order valence-corrected chi connectivity index (χ3v) is 12.9. The molecule has 236 valence electrons. The van der Waals surface area contributed by atoms with Gasteiger partial charge in [-0.1, -0.05) is 93.3 Å². The summed E-state index contributed by atoms with van der Waals surface area (Å²) in [6.07, 6.45) is -4.09. The Morgan fingerprint density at radius 2 is 1.73 bits per heavy atom. The fourth-order valence-corrected chi connectivity index (χ4v) is 10.4. The number of amides is 1. The fraction of sp³-hybridized carbons (Fsp3) is 0.344. The monoisotopic (exact) mass is 637 g/mol. The quantitative estimate of drug-likeness (QED) is 0.210.